The number of aromatic hydroxyl groups is 1. The van der Waals surface area contributed by atoms with Gasteiger partial charge in [0.25, 0.3) is 0 Å². The molecule has 0 aliphatic carbocycles. The monoisotopic (exact) mass is 221 g/mol. The summed E-state index contributed by atoms with van der Waals surface area (Å²) in [5, 5.41) is 10.6. The maximum Gasteiger partial charge on any atom is 0.117 e. The summed E-state index contributed by atoms with van der Waals surface area (Å²) >= 11 is 1.91. The molecule has 0 radical (unpaired) electrons. The number of nitrogens with zero attached hydrogens (tertiary/aromatic N) is 1. The van der Waals surface area contributed by atoms with E-state index in [1.165, 1.54) is 11.1 Å². The van der Waals surface area contributed by atoms with Crippen molar-refractivity contribution in [2.24, 2.45) is 7.05 Å². The number of aryl methyl sites for hydroxylation is 1. The average molecular weight is 221 g/mol. The van der Waals surface area contributed by atoms with E-state index in [0.717, 1.165) is 17.0 Å². The molecule has 0 atom stereocenters. The van der Waals surface area contributed by atoms with Crippen molar-refractivity contribution >= 4 is 22.7 Å². The van der Waals surface area contributed by atoms with Crippen molar-refractivity contribution in [3.8, 4) is 5.75 Å². The number of phenols is 1. The Morgan fingerprint density at radius 1 is 1.33 bits per heavy atom. The number of fused-ring (bicyclic) bond motifs is 1. The third-order valence-electron chi connectivity index (χ3n) is 2.58. The molecule has 0 saturated heterocycles. The van der Waals surface area contributed by atoms with Crippen molar-refractivity contribution in [3.63, 3.8) is 0 Å². The topological polar surface area (TPSA) is 25.2 Å². The minimum Gasteiger partial charge on any atom is -0.508 e. The van der Waals surface area contributed by atoms with Gasteiger partial charge in [0, 0.05) is 29.9 Å². The van der Waals surface area contributed by atoms with E-state index in [4.69, 9.17) is 0 Å². The molecule has 2 rings (SSSR count). The van der Waals surface area contributed by atoms with Crippen LogP contribution in [0, 0.1) is 0 Å². The molecule has 80 valence electrons. The minimum atomic E-state index is 0.332. The molecule has 0 aliphatic heterocycles. The summed E-state index contributed by atoms with van der Waals surface area (Å²) < 4.78 is 2.15. The maximum atomic E-state index is 9.42. The highest BCUT2D eigenvalue weighted by atomic mass is 32.2. The second-order valence-corrected chi connectivity index (χ2v) is 4.85. The number of hydrogen-bond donors (Lipinski definition) is 1. The van der Waals surface area contributed by atoms with Crippen LogP contribution in [0.3, 0.4) is 0 Å². The van der Waals surface area contributed by atoms with Crippen LogP contribution in [-0.2, 0) is 12.8 Å². The predicted octanol–water partition coefficient (Wildman–Crippen LogP) is 3.14. The van der Waals surface area contributed by atoms with Crippen molar-refractivity contribution in [3.05, 3.63) is 30.0 Å². The van der Waals surface area contributed by atoms with E-state index in [1.54, 1.807) is 6.07 Å². The molecule has 0 amide bonds. The molecular formula is C12H15NOS. The minimum absolute atomic E-state index is 0.332. The van der Waals surface area contributed by atoms with Crippen LogP contribution >= 0.6 is 11.8 Å². The summed E-state index contributed by atoms with van der Waals surface area (Å²) in [4.78, 5) is 0. The van der Waals surface area contributed by atoms with E-state index in [9.17, 15) is 5.11 Å². The van der Waals surface area contributed by atoms with Crippen LogP contribution in [0.15, 0.2) is 24.3 Å². The maximum absolute atomic E-state index is 9.42. The number of rotatable bonds is 3. The molecule has 1 N–H and O–H groups in total. The Labute approximate surface area is 93.9 Å². The normalized spacial score (nSPS) is 11.1. The zero-order valence-corrected chi connectivity index (χ0v) is 9.84. The van der Waals surface area contributed by atoms with Crippen molar-refractivity contribution in [1.82, 2.24) is 4.57 Å². The van der Waals surface area contributed by atoms with Gasteiger partial charge in [-0.3, -0.25) is 0 Å². The molecule has 0 fully saturated rings. The van der Waals surface area contributed by atoms with E-state index >= 15 is 0 Å². The van der Waals surface area contributed by atoms with Crippen molar-refractivity contribution in [1.29, 1.82) is 0 Å². The molecule has 0 spiro atoms. The Hall–Kier alpha value is -1.09. The molecule has 0 aliphatic rings. The van der Waals surface area contributed by atoms with Crippen LogP contribution < -0.4 is 0 Å². The van der Waals surface area contributed by atoms with Crippen LogP contribution in [0.5, 0.6) is 5.75 Å². The summed E-state index contributed by atoms with van der Waals surface area (Å²) in [6.45, 7) is 2.17. The molecule has 1 heterocycles. The number of hydrogen-bond acceptors (Lipinski definition) is 2. The molecule has 2 aromatic rings. The summed E-state index contributed by atoms with van der Waals surface area (Å²) in [7, 11) is 2.05. The zero-order valence-electron chi connectivity index (χ0n) is 9.03. The fourth-order valence-corrected chi connectivity index (χ4v) is 2.41. The molecule has 0 bridgehead atoms. The lowest BCUT2D eigenvalue weighted by molar-refractivity contribution is 0.476. The molecule has 3 heteroatoms. The first-order valence-electron chi connectivity index (χ1n) is 5.07. The van der Waals surface area contributed by atoms with Gasteiger partial charge in [-0.25, -0.2) is 0 Å². The molecule has 15 heavy (non-hydrogen) atoms. The zero-order chi connectivity index (χ0) is 10.8. The van der Waals surface area contributed by atoms with E-state index in [0.29, 0.717) is 5.75 Å². The lowest BCUT2D eigenvalue weighted by Gasteiger charge is -2.02. The van der Waals surface area contributed by atoms with Crippen LogP contribution in [0.2, 0.25) is 0 Å². The van der Waals surface area contributed by atoms with Crippen LogP contribution in [0.1, 0.15) is 12.6 Å². The lowest BCUT2D eigenvalue weighted by Crippen LogP contribution is -1.93. The highest BCUT2D eigenvalue weighted by Gasteiger charge is 2.05. The summed E-state index contributed by atoms with van der Waals surface area (Å²) in [6.07, 6.45) is 0. The van der Waals surface area contributed by atoms with Crippen molar-refractivity contribution in [2.75, 3.05) is 5.75 Å². The first-order chi connectivity index (χ1) is 7.22. The Bertz CT molecular complexity index is 476. The van der Waals surface area contributed by atoms with E-state index in [-0.39, 0.29) is 0 Å². The van der Waals surface area contributed by atoms with Gasteiger partial charge in [-0.1, -0.05) is 6.92 Å². The number of phenolic OH excluding ortho intramolecular Hbond substituents is 1. The molecule has 1 aromatic heterocycles. The highest BCUT2D eigenvalue weighted by molar-refractivity contribution is 7.98. The second kappa shape index (κ2) is 4.19. The van der Waals surface area contributed by atoms with E-state index in [1.807, 2.05) is 30.9 Å². The molecular weight excluding hydrogens is 206 g/mol. The summed E-state index contributed by atoms with van der Waals surface area (Å²) in [5.41, 5.74) is 2.41. The Kier molecular flexibility index (Phi) is 2.91. The first kappa shape index (κ1) is 10.4. The van der Waals surface area contributed by atoms with E-state index < -0.39 is 0 Å². The van der Waals surface area contributed by atoms with Crippen LogP contribution in [0.25, 0.3) is 10.9 Å². The van der Waals surface area contributed by atoms with Gasteiger partial charge in [-0.05, 0) is 24.0 Å². The molecule has 2 nitrogen and oxygen atoms in total. The van der Waals surface area contributed by atoms with E-state index in [2.05, 4.69) is 17.6 Å². The quantitative estimate of drug-likeness (QED) is 0.861. The van der Waals surface area contributed by atoms with Crippen molar-refractivity contribution < 1.29 is 5.11 Å². The Balaban J connectivity index is 2.45. The third-order valence-corrected chi connectivity index (χ3v) is 3.49. The van der Waals surface area contributed by atoms with Gasteiger partial charge in [0.15, 0.2) is 0 Å². The first-order valence-corrected chi connectivity index (χ1v) is 6.23. The van der Waals surface area contributed by atoms with Gasteiger partial charge in [0.1, 0.15) is 5.75 Å². The van der Waals surface area contributed by atoms with Crippen LogP contribution in [-0.4, -0.2) is 15.4 Å². The number of benzene rings is 1. The average Bonchev–Trinajstić information content (AvgIpc) is 2.53. The van der Waals surface area contributed by atoms with Gasteiger partial charge in [0.05, 0.1) is 5.52 Å². The fraction of sp³-hybridized carbons (Fsp3) is 0.333. The number of aromatic nitrogens is 1. The smallest absolute Gasteiger partial charge is 0.117 e. The van der Waals surface area contributed by atoms with Crippen LogP contribution in [0.4, 0.5) is 0 Å². The lowest BCUT2D eigenvalue weighted by atomic mass is 10.2. The van der Waals surface area contributed by atoms with Gasteiger partial charge in [0.2, 0.25) is 0 Å². The molecule has 0 unspecified atom stereocenters. The van der Waals surface area contributed by atoms with Gasteiger partial charge >= 0.3 is 0 Å². The molecule has 0 saturated carbocycles. The van der Waals surface area contributed by atoms with Gasteiger partial charge in [-0.15, -0.1) is 0 Å². The summed E-state index contributed by atoms with van der Waals surface area (Å²) in [6, 6.07) is 7.71. The largest absolute Gasteiger partial charge is 0.508 e. The molecule has 1 aromatic carbocycles. The predicted molar refractivity (Wildman–Crippen MR) is 66.4 cm³/mol. The Morgan fingerprint density at radius 3 is 2.87 bits per heavy atom. The third kappa shape index (κ3) is 1.97. The number of thioether (sulfide) groups is 1. The second-order valence-electron chi connectivity index (χ2n) is 3.57. The van der Waals surface area contributed by atoms with Gasteiger partial charge < -0.3 is 9.67 Å². The highest BCUT2D eigenvalue weighted by Crippen LogP contribution is 2.25. The summed E-state index contributed by atoms with van der Waals surface area (Å²) in [5.74, 6) is 2.49. The fourth-order valence-electron chi connectivity index (χ4n) is 1.72. The van der Waals surface area contributed by atoms with Crippen molar-refractivity contribution in [2.45, 2.75) is 12.7 Å². The van der Waals surface area contributed by atoms with Gasteiger partial charge in [-0.2, -0.15) is 11.8 Å². The Morgan fingerprint density at radius 2 is 2.13 bits per heavy atom. The standard InChI is InChI=1S/C12H15NOS/c1-3-15-8-10-6-9-4-5-11(14)7-12(9)13(10)2/h4-7,14H,3,8H2,1-2H3. The SMILES string of the molecule is CCSCc1cc2ccc(O)cc2n1C.